The molecule has 2 atom stereocenters. The first-order valence-corrected chi connectivity index (χ1v) is 6.36. The Labute approximate surface area is 104 Å². The third-order valence-electron chi connectivity index (χ3n) is 3.95. The average molecular weight is 234 g/mol. The monoisotopic (exact) mass is 234 g/mol. The van der Waals surface area contributed by atoms with Gasteiger partial charge in [0.2, 0.25) is 0 Å². The SMILES string of the molecule is CC(C)c1ccc(OC2CC(O)C2(C)C)cc1. The molecule has 0 saturated heterocycles. The van der Waals surface area contributed by atoms with Crippen molar-refractivity contribution in [3.8, 4) is 5.75 Å². The molecule has 1 saturated carbocycles. The van der Waals surface area contributed by atoms with E-state index < -0.39 is 0 Å². The van der Waals surface area contributed by atoms with Crippen molar-refractivity contribution in [1.82, 2.24) is 0 Å². The van der Waals surface area contributed by atoms with Crippen LogP contribution in [0.1, 0.15) is 45.6 Å². The fourth-order valence-electron chi connectivity index (χ4n) is 2.16. The van der Waals surface area contributed by atoms with E-state index in [0.29, 0.717) is 5.92 Å². The van der Waals surface area contributed by atoms with Crippen LogP contribution in [-0.2, 0) is 0 Å². The molecular formula is C15H22O2. The summed E-state index contributed by atoms with van der Waals surface area (Å²) in [6.07, 6.45) is 0.628. The van der Waals surface area contributed by atoms with Crippen LogP contribution in [0.4, 0.5) is 0 Å². The minimum absolute atomic E-state index is 0.127. The summed E-state index contributed by atoms with van der Waals surface area (Å²) in [6.45, 7) is 8.46. The van der Waals surface area contributed by atoms with Crippen molar-refractivity contribution in [3.63, 3.8) is 0 Å². The van der Waals surface area contributed by atoms with E-state index >= 15 is 0 Å². The lowest BCUT2D eigenvalue weighted by Crippen LogP contribution is -2.56. The lowest BCUT2D eigenvalue weighted by Gasteiger charge is -2.48. The van der Waals surface area contributed by atoms with Crippen molar-refractivity contribution in [2.45, 2.75) is 52.2 Å². The molecule has 1 aliphatic carbocycles. The van der Waals surface area contributed by atoms with Gasteiger partial charge in [0, 0.05) is 11.8 Å². The smallest absolute Gasteiger partial charge is 0.119 e. The van der Waals surface area contributed by atoms with Gasteiger partial charge in [-0.25, -0.2) is 0 Å². The molecule has 1 fully saturated rings. The second-order valence-corrected chi connectivity index (χ2v) is 5.90. The maximum atomic E-state index is 9.66. The van der Waals surface area contributed by atoms with Crippen molar-refractivity contribution < 1.29 is 9.84 Å². The van der Waals surface area contributed by atoms with Crippen LogP contribution in [0.2, 0.25) is 0 Å². The second-order valence-electron chi connectivity index (χ2n) is 5.90. The zero-order valence-electron chi connectivity index (χ0n) is 11.1. The Morgan fingerprint density at radius 3 is 2.24 bits per heavy atom. The Morgan fingerprint density at radius 2 is 1.82 bits per heavy atom. The summed E-state index contributed by atoms with van der Waals surface area (Å²) in [6, 6.07) is 8.27. The maximum absolute atomic E-state index is 9.66. The van der Waals surface area contributed by atoms with Crippen LogP contribution in [0, 0.1) is 5.41 Å². The van der Waals surface area contributed by atoms with Gasteiger partial charge in [-0.3, -0.25) is 0 Å². The van der Waals surface area contributed by atoms with Gasteiger partial charge in [0.15, 0.2) is 0 Å². The highest BCUT2D eigenvalue weighted by molar-refractivity contribution is 5.29. The molecule has 1 aromatic carbocycles. The quantitative estimate of drug-likeness (QED) is 0.869. The number of aliphatic hydroxyl groups excluding tert-OH is 1. The zero-order valence-corrected chi connectivity index (χ0v) is 11.1. The molecule has 2 rings (SSSR count). The highest BCUT2D eigenvalue weighted by atomic mass is 16.5. The number of hydrogen-bond donors (Lipinski definition) is 1. The topological polar surface area (TPSA) is 29.5 Å². The van der Waals surface area contributed by atoms with E-state index in [9.17, 15) is 5.11 Å². The van der Waals surface area contributed by atoms with Crippen molar-refractivity contribution in [2.75, 3.05) is 0 Å². The van der Waals surface area contributed by atoms with Gasteiger partial charge in [-0.2, -0.15) is 0 Å². The Bertz CT molecular complexity index is 378. The molecule has 0 radical (unpaired) electrons. The van der Waals surface area contributed by atoms with Crippen LogP contribution in [-0.4, -0.2) is 17.3 Å². The Kier molecular flexibility index (Phi) is 3.17. The molecular weight excluding hydrogens is 212 g/mol. The molecule has 0 amide bonds. The van der Waals surface area contributed by atoms with Crippen LogP contribution in [0.5, 0.6) is 5.75 Å². The molecule has 1 aromatic rings. The molecule has 2 unspecified atom stereocenters. The van der Waals surface area contributed by atoms with Gasteiger partial charge in [-0.15, -0.1) is 0 Å². The second kappa shape index (κ2) is 4.34. The van der Waals surface area contributed by atoms with E-state index in [1.807, 2.05) is 26.0 Å². The van der Waals surface area contributed by atoms with Crippen LogP contribution in [0.25, 0.3) is 0 Å². The molecule has 94 valence electrons. The molecule has 0 bridgehead atoms. The molecule has 0 aliphatic heterocycles. The largest absolute Gasteiger partial charge is 0.490 e. The van der Waals surface area contributed by atoms with Crippen molar-refractivity contribution >= 4 is 0 Å². The van der Waals surface area contributed by atoms with Gasteiger partial charge in [0.1, 0.15) is 11.9 Å². The number of benzene rings is 1. The molecule has 17 heavy (non-hydrogen) atoms. The summed E-state index contributed by atoms with van der Waals surface area (Å²) >= 11 is 0. The molecule has 1 aliphatic rings. The standard InChI is InChI=1S/C15H22O2/c1-10(2)11-5-7-12(8-6-11)17-14-9-13(16)15(14,3)4/h5-8,10,13-14,16H,9H2,1-4H3. The summed E-state index contributed by atoms with van der Waals surface area (Å²) in [4.78, 5) is 0. The van der Waals surface area contributed by atoms with Crippen molar-refractivity contribution in [3.05, 3.63) is 29.8 Å². The molecule has 0 heterocycles. The highest BCUT2D eigenvalue weighted by Gasteiger charge is 2.49. The lowest BCUT2D eigenvalue weighted by atomic mass is 9.66. The van der Waals surface area contributed by atoms with Gasteiger partial charge in [-0.1, -0.05) is 39.8 Å². The molecule has 1 N–H and O–H groups in total. The maximum Gasteiger partial charge on any atom is 0.119 e. The van der Waals surface area contributed by atoms with E-state index in [1.54, 1.807) is 0 Å². The predicted octanol–water partition coefficient (Wildman–Crippen LogP) is 3.35. The van der Waals surface area contributed by atoms with Crippen LogP contribution >= 0.6 is 0 Å². The summed E-state index contributed by atoms with van der Waals surface area (Å²) in [7, 11) is 0. The molecule has 0 spiro atoms. The number of aliphatic hydroxyl groups is 1. The van der Waals surface area contributed by atoms with Crippen LogP contribution < -0.4 is 4.74 Å². The van der Waals surface area contributed by atoms with E-state index in [2.05, 4.69) is 26.0 Å². The predicted molar refractivity (Wildman–Crippen MR) is 69.4 cm³/mol. The first kappa shape index (κ1) is 12.4. The van der Waals surface area contributed by atoms with Crippen molar-refractivity contribution in [2.24, 2.45) is 5.41 Å². The first-order chi connectivity index (χ1) is 7.91. The zero-order chi connectivity index (χ0) is 12.6. The summed E-state index contributed by atoms with van der Waals surface area (Å²) in [5.41, 5.74) is 1.20. The summed E-state index contributed by atoms with van der Waals surface area (Å²) in [5, 5.41) is 9.66. The number of rotatable bonds is 3. The normalized spacial score (nSPS) is 26.7. The van der Waals surface area contributed by atoms with Gasteiger partial charge < -0.3 is 9.84 Å². The van der Waals surface area contributed by atoms with Crippen LogP contribution in [0.15, 0.2) is 24.3 Å². The third kappa shape index (κ3) is 2.32. The first-order valence-electron chi connectivity index (χ1n) is 6.36. The Hall–Kier alpha value is -1.02. The van der Waals surface area contributed by atoms with E-state index in [4.69, 9.17) is 4.74 Å². The summed E-state index contributed by atoms with van der Waals surface area (Å²) < 4.78 is 5.91. The van der Waals surface area contributed by atoms with E-state index in [-0.39, 0.29) is 17.6 Å². The van der Waals surface area contributed by atoms with Gasteiger partial charge in [0.25, 0.3) is 0 Å². The molecule has 2 nitrogen and oxygen atoms in total. The molecule has 2 heteroatoms. The fraction of sp³-hybridized carbons (Fsp3) is 0.600. The van der Waals surface area contributed by atoms with E-state index in [1.165, 1.54) is 5.56 Å². The lowest BCUT2D eigenvalue weighted by molar-refractivity contribution is -0.134. The average Bonchev–Trinajstić information content (AvgIpc) is 2.29. The Balaban J connectivity index is 2.01. The summed E-state index contributed by atoms with van der Waals surface area (Å²) in [5.74, 6) is 1.45. The van der Waals surface area contributed by atoms with Crippen LogP contribution in [0.3, 0.4) is 0 Å². The minimum atomic E-state index is -0.234. The van der Waals surface area contributed by atoms with Crippen molar-refractivity contribution in [1.29, 1.82) is 0 Å². The molecule has 0 aromatic heterocycles. The highest BCUT2D eigenvalue weighted by Crippen LogP contribution is 2.42. The Morgan fingerprint density at radius 1 is 1.24 bits per heavy atom. The van der Waals surface area contributed by atoms with Gasteiger partial charge in [0.05, 0.1) is 6.10 Å². The van der Waals surface area contributed by atoms with E-state index in [0.717, 1.165) is 12.2 Å². The minimum Gasteiger partial charge on any atom is -0.490 e. The fourth-order valence-corrected chi connectivity index (χ4v) is 2.16. The van der Waals surface area contributed by atoms with Gasteiger partial charge in [-0.05, 0) is 23.6 Å². The third-order valence-corrected chi connectivity index (χ3v) is 3.95. The van der Waals surface area contributed by atoms with Gasteiger partial charge >= 0.3 is 0 Å². The number of hydrogen-bond acceptors (Lipinski definition) is 2. The number of ether oxygens (including phenoxy) is 1.